The number of fused-ring (bicyclic) bond motifs is 1. The fraction of sp³-hybridized carbons (Fsp3) is 0.133. The zero-order valence-corrected chi connectivity index (χ0v) is 11.4. The van der Waals surface area contributed by atoms with E-state index in [9.17, 15) is 13.5 Å². The van der Waals surface area contributed by atoms with E-state index in [2.05, 4.69) is 4.40 Å². The number of aliphatic hydroxyl groups excluding tert-OH is 1. The Balaban J connectivity index is 1.93. The van der Waals surface area contributed by atoms with E-state index in [1.807, 2.05) is 18.2 Å². The van der Waals surface area contributed by atoms with E-state index in [-0.39, 0.29) is 11.3 Å². The van der Waals surface area contributed by atoms with E-state index in [4.69, 9.17) is 0 Å². The van der Waals surface area contributed by atoms with Gasteiger partial charge in [-0.05, 0) is 11.6 Å². The smallest absolute Gasteiger partial charge is 0.283 e. The van der Waals surface area contributed by atoms with Gasteiger partial charge < -0.3 is 5.11 Å². The molecule has 0 saturated heterocycles. The maximum absolute atomic E-state index is 11.9. The molecule has 102 valence electrons. The Morgan fingerprint density at radius 2 is 1.65 bits per heavy atom. The second-order valence-electron chi connectivity index (χ2n) is 4.64. The summed E-state index contributed by atoms with van der Waals surface area (Å²) in [7, 11) is -3.61. The Morgan fingerprint density at radius 1 is 1.00 bits per heavy atom. The van der Waals surface area contributed by atoms with Gasteiger partial charge in [-0.1, -0.05) is 48.5 Å². The third kappa shape index (κ3) is 2.26. The van der Waals surface area contributed by atoms with Crippen molar-refractivity contribution in [2.24, 2.45) is 4.40 Å². The van der Waals surface area contributed by atoms with Crippen LogP contribution in [0.25, 0.3) is 0 Å². The van der Waals surface area contributed by atoms with Gasteiger partial charge in [0.05, 0.1) is 16.7 Å². The van der Waals surface area contributed by atoms with Crippen LogP contribution in [0.2, 0.25) is 0 Å². The summed E-state index contributed by atoms with van der Waals surface area (Å²) in [6.45, 7) is 0. The maximum Gasteiger partial charge on any atom is 0.283 e. The number of rotatable bonds is 3. The first kappa shape index (κ1) is 13.0. The lowest BCUT2D eigenvalue weighted by molar-refractivity contribution is 0.186. The second kappa shape index (κ2) is 4.85. The van der Waals surface area contributed by atoms with Crippen molar-refractivity contribution < 1.29 is 13.5 Å². The van der Waals surface area contributed by atoms with Gasteiger partial charge in [0.15, 0.2) is 0 Å². The van der Waals surface area contributed by atoms with Crippen molar-refractivity contribution in [2.75, 3.05) is 0 Å². The Labute approximate surface area is 117 Å². The molecule has 2 aromatic rings. The van der Waals surface area contributed by atoms with E-state index in [1.165, 1.54) is 6.07 Å². The first-order valence-electron chi connectivity index (χ1n) is 6.24. The summed E-state index contributed by atoms with van der Waals surface area (Å²) in [6, 6.07) is 15.8. The maximum atomic E-state index is 11.9. The van der Waals surface area contributed by atoms with Gasteiger partial charge in [0.25, 0.3) is 10.0 Å². The van der Waals surface area contributed by atoms with Gasteiger partial charge in [-0.25, -0.2) is 0 Å². The minimum absolute atomic E-state index is 0.181. The molecule has 0 radical (unpaired) electrons. The van der Waals surface area contributed by atoms with Gasteiger partial charge in [0, 0.05) is 12.0 Å². The molecule has 1 aliphatic rings. The van der Waals surface area contributed by atoms with Crippen LogP contribution in [0, 0.1) is 0 Å². The van der Waals surface area contributed by atoms with Gasteiger partial charge >= 0.3 is 0 Å². The molecule has 0 bridgehead atoms. The fourth-order valence-electron chi connectivity index (χ4n) is 2.30. The first-order chi connectivity index (χ1) is 9.58. The lowest BCUT2D eigenvalue weighted by Gasteiger charge is -2.10. The van der Waals surface area contributed by atoms with Crippen LogP contribution in [0.5, 0.6) is 0 Å². The third-order valence-corrected chi connectivity index (χ3v) is 4.65. The SMILES string of the molecule is O=S1(=O)N=C(CC(O)c2ccccc2)c2ccccc21. The number of benzene rings is 2. The second-order valence-corrected chi connectivity index (χ2v) is 6.21. The number of hydrogen-bond acceptors (Lipinski definition) is 3. The average Bonchev–Trinajstić information content (AvgIpc) is 2.72. The van der Waals surface area contributed by atoms with Crippen molar-refractivity contribution in [2.45, 2.75) is 17.4 Å². The molecule has 0 aliphatic carbocycles. The van der Waals surface area contributed by atoms with Crippen LogP contribution in [0.1, 0.15) is 23.7 Å². The van der Waals surface area contributed by atoms with Crippen LogP contribution >= 0.6 is 0 Å². The summed E-state index contributed by atoms with van der Waals surface area (Å²) >= 11 is 0. The molecule has 1 heterocycles. The van der Waals surface area contributed by atoms with Gasteiger partial charge in [0.2, 0.25) is 0 Å². The first-order valence-corrected chi connectivity index (χ1v) is 7.68. The lowest BCUT2D eigenvalue weighted by Crippen LogP contribution is -2.06. The molecular formula is C15H13NO3S. The van der Waals surface area contributed by atoms with Crippen LogP contribution in [0.3, 0.4) is 0 Å². The Kier molecular flexibility index (Phi) is 3.16. The van der Waals surface area contributed by atoms with E-state index >= 15 is 0 Å². The van der Waals surface area contributed by atoms with Crippen molar-refractivity contribution >= 4 is 15.7 Å². The van der Waals surface area contributed by atoms with Crippen molar-refractivity contribution in [3.63, 3.8) is 0 Å². The molecule has 20 heavy (non-hydrogen) atoms. The molecule has 0 saturated carbocycles. The highest BCUT2D eigenvalue weighted by molar-refractivity contribution is 7.90. The summed E-state index contributed by atoms with van der Waals surface area (Å²) in [5, 5.41) is 10.2. The molecule has 0 spiro atoms. The van der Waals surface area contributed by atoms with E-state index in [0.717, 1.165) is 5.56 Å². The molecule has 4 nitrogen and oxygen atoms in total. The summed E-state index contributed by atoms with van der Waals surface area (Å²) in [6.07, 6.45) is -0.586. The number of sulfonamides is 1. The quantitative estimate of drug-likeness (QED) is 0.942. The Hall–Kier alpha value is -1.98. The van der Waals surface area contributed by atoms with Crippen LogP contribution in [-0.4, -0.2) is 19.2 Å². The molecule has 1 unspecified atom stereocenters. The highest BCUT2D eigenvalue weighted by Crippen LogP contribution is 2.30. The standard InChI is InChI=1S/C15H13NO3S/c17-14(11-6-2-1-3-7-11)10-13-12-8-4-5-9-15(12)20(18,19)16-13/h1-9,14,17H,10H2. The third-order valence-electron chi connectivity index (χ3n) is 3.28. The fourth-order valence-corrected chi connectivity index (χ4v) is 3.57. The molecule has 1 aliphatic heterocycles. The van der Waals surface area contributed by atoms with Crippen LogP contribution in [0.4, 0.5) is 0 Å². The monoisotopic (exact) mass is 287 g/mol. The topological polar surface area (TPSA) is 66.7 Å². The molecule has 2 aromatic carbocycles. The van der Waals surface area contributed by atoms with Gasteiger partial charge in [-0.2, -0.15) is 12.8 Å². The van der Waals surface area contributed by atoms with Crippen molar-refractivity contribution in [3.05, 3.63) is 65.7 Å². The molecule has 5 heteroatoms. The van der Waals surface area contributed by atoms with E-state index < -0.39 is 16.1 Å². The van der Waals surface area contributed by atoms with E-state index in [1.54, 1.807) is 30.3 Å². The van der Waals surface area contributed by atoms with Crippen LogP contribution in [0.15, 0.2) is 63.9 Å². The molecule has 3 rings (SSSR count). The molecule has 1 N–H and O–H groups in total. The minimum atomic E-state index is -3.61. The highest BCUT2D eigenvalue weighted by atomic mass is 32.2. The van der Waals surface area contributed by atoms with Crippen LogP contribution in [-0.2, 0) is 10.0 Å². The zero-order valence-electron chi connectivity index (χ0n) is 10.6. The van der Waals surface area contributed by atoms with Gasteiger partial charge in [-0.15, -0.1) is 0 Å². The largest absolute Gasteiger partial charge is 0.388 e. The van der Waals surface area contributed by atoms with Crippen molar-refractivity contribution in [3.8, 4) is 0 Å². The zero-order chi connectivity index (χ0) is 14.2. The number of aliphatic hydroxyl groups is 1. The Bertz CT molecular complexity index is 767. The van der Waals surface area contributed by atoms with Crippen LogP contribution < -0.4 is 0 Å². The molecule has 0 amide bonds. The lowest BCUT2D eigenvalue weighted by atomic mass is 10.00. The Morgan fingerprint density at radius 3 is 2.40 bits per heavy atom. The average molecular weight is 287 g/mol. The minimum Gasteiger partial charge on any atom is -0.388 e. The van der Waals surface area contributed by atoms with E-state index in [0.29, 0.717) is 11.3 Å². The molecule has 0 aromatic heterocycles. The van der Waals surface area contributed by atoms with Crippen molar-refractivity contribution in [1.82, 2.24) is 0 Å². The summed E-state index contributed by atoms with van der Waals surface area (Å²) in [4.78, 5) is 0.218. The molecule has 0 fully saturated rings. The normalized spacial score (nSPS) is 17.4. The summed E-state index contributed by atoms with van der Waals surface area (Å²) in [5.74, 6) is 0. The van der Waals surface area contributed by atoms with Gasteiger partial charge in [0.1, 0.15) is 0 Å². The number of nitrogens with zero attached hydrogens (tertiary/aromatic N) is 1. The summed E-state index contributed by atoms with van der Waals surface area (Å²) in [5.41, 5.74) is 1.75. The van der Waals surface area contributed by atoms with Gasteiger partial charge in [-0.3, -0.25) is 0 Å². The summed E-state index contributed by atoms with van der Waals surface area (Å²) < 4.78 is 27.6. The predicted molar refractivity (Wildman–Crippen MR) is 76.2 cm³/mol. The van der Waals surface area contributed by atoms with Crippen molar-refractivity contribution in [1.29, 1.82) is 0 Å². The number of hydrogen-bond donors (Lipinski definition) is 1. The molecule has 1 atom stereocenters. The highest BCUT2D eigenvalue weighted by Gasteiger charge is 2.29. The predicted octanol–water partition coefficient (Wildman–Crippen LogP) is 2.30. The molecular weight excluding hydrogens is 274 g/mol.